The molecule has 1 heterocycles. The van der Waals surface area contributed by atoms with Crippen molar-refractivity contribution in [3.8, 4) is 0 Å². The lowest BCUT2D eigenvalue weighted by Crippen LogP contribution is -2.63. The third-order valence-corrected chi connectivity index (χ3v) is 15.2. The Hall–Kier alpha value is 0.886. The monoisotopic (exact) mass is 244 g/mol. The SMILES string of the molecule is C[Si](C)(C)[N]1CCC[N]([Si](C)(C)C)[AlH]1. The first-order valence-corrected chi connectivity index (χ1v) is 13.9. The Morgan fingerprint density at radius 3 is 1.43 bits per heavy atom. The molecule has 1 rings (SSSR count). The van der Waals surface area contributed by atoms with Gasteiger partial charge >= 0.3 is 15.7 Å². The highest BCUT2D eigenvalue weighted by Gasteiger charge is 2.35. The second kappa shape index (κ2) is 4.40. The van der Waals surface area contributed by atoms with Crippen LogP contribution in [0.5, 0.6) is 0 Å². The van der Waals surface area contributed by atoms with Crippen LogP contribution in [0.25, 0.3) is 0 Å². The van der Waals surface area contributed by atoms with Crippen molar-refractivity contribution in [3.63, 3.8) is 0 Å². The van der Waals surface area contributed by atoms with Crippen molar-refractivity contribution in [3.05, 3.63) is 0 Å². The molecule has 0 spiro atoms. The summed E-state index contributed by atoms with van der Waals surface area (Å²) in [5.74, 6) is 0. The summed E-state index contributed by atoms with van der Waals surface area (Å²) in [5.41, 5.74) is 0. The van der Waals surface area contributed by atoms with Gasteiger partial charge in [0.2, 0.25) is 0 Å². The molecule has 5 heteroatoms. The van der Waals surface area contributed by atoms with Gasteiger partial charge in [-0.05, 0) is 19.5 Å². The van der Waals surface area contributed by atoms with Crippen molar-refractivity contribution in [2.45, 2.75) is 45.7 Å². The normalized spacial score (nSPS) is 22.1. The van der Waals surface area contributed by atoms with Gasteiger partial charge in [-0.3, -0.25) is 0 Å². The zero-order valence-electron chi connectivity index (χ0n) is 10.7. The van der Waals surface area contributed by atoms with Crippen LogP contribution >= 0.6 is 0 Å². The van der Waals surface area contributed by atoms with Gasteiger partial charge in [0.25, 0.3) is 0 Å². The summed E-state index contributed by atoms with van der Waals surface area (Å²) in [6.07, 6.45) is 1.40. The fraction of sp³-hybridized carbons (Fsp3) is 1.00. The van der Waals surface area contributed by atoms with E-state index < -0.39 is 16.5 Å². The molecule has 0 aromatic carbocycles. The molecule has 0 bridgehead atoms. The summed E-state index contributed by atoms with van der Waals surface area (Å²) >= 11 is -0.0818. The van der Waals surface area contributed by atoms with Crippen molar-refractivity contribution in [2.24, 2.45) is 0 Å². The summed E-state index contributed by atoms with van der Waals surface area (Å²) < 4.78 is 5.77. The van der Waals surface area contributed by atoms with E-state index in [2.05, 4.69) is 46.4 Å². The maximum atomic E-state index is 2.88. The Labute approximate surface area is 98.0 Å². The minimum absolute atomic E-state index is 0.0818. The van der Waals surface area contributed by atoms with Crippen LogP contribution in [-0.4, -0.2) is 52.3 Å². The molecule has 0 radical (unpaired) electrons. The van der Waals surface area contributed by atoms with Crippen LogP contribution in [0, 0.1) is 0 Å². The second-order valence-electron chi connectivity index (χ2n) is 6.36. The van der Waals surface area contributed by atoms with E-state index in [1.54, 1.807) is 0 Å². The van der Waals surface area contributed by atoms with Crippen molar-refractivity contribution < 1.29 is 0 Å². The van der Waals surface area contributed by atoms with Crippen LogP contribution in [0.15, 0.2) is 0 Å². The maximum absolute atomic E-state index is 2.88. The van der Waals surface area contributed by atoms with Crippen LogP contribution in [0.2, 0.25) is 39.3 Å². The Morgan fingerprint density at radius 2 is 1.14 bits per heavy atom. The molecule has 1 aliphatic rings. The zero-order chi connectivity index (χ0) is 11.0. The number of rotatable bonds is 2. The molecule has 1 fully saturated rings. The number of hydrogen-bond acceptors (Lipinski definition) is 2. The number of hydrogen-bond donors (Lipinski definition) is 0. The molecule has 82 valence electrons. The first-order chi connectivity index (χ1) is 6.21. The Bertz CT molecular complexity index is 178. The van der Waals surface area contributed by atoms with E-state index in [1.165, 1.54) is 19.5 Å². The summed E-state index contributed by atoms with van der Waals surface area (Å²) in [4.78, 5) is 0. The third-order valence-electron chi connectivity index (χ3n) is 3.09. The van der Waals surface area contributed by atoms with E-state index in [1.807, 2.05) is 0 Å². The van der Waals surface area contributed by atoms with Crippen LogP contribution < -0.4 is 0 Å². The topological polar surface area (TPSA) is 6.48 Å². The van der Waals surface area contributed by atoms with Gasteiger partial charge in [-0.1, -0.05) is 39.3 Å². The van der Waals surface area contributed by atoms with Gasteiger partial charge in [0.05, 0.1) is 16.5 Å². The molecule has 0 aliphatic carbocycles. The smallest absolute Gasteiger partial charge is 0.398 e. The summed E-state index contributed by atoms with van der Waals surface area (Å²) in [6, 6.07) is 0. The highest BCUT2D eigenvalue weighted by atomic mass is 28.3. The summed E-state index contributed by atoms with van der Waals surface area (Å²) in [6.45, 7) is 17.7. The van der Waals surface area contributed by atoms with Gasteiger partial charge < -0.3 is 7.10 Å². The molecule has 0 atom stereocenters. The average molecular weight is 244 g/mol. The minimum Gasteiger partial charge on any atom is -0.398 e. The summed E-state index contributed by atoms with van der Waals surface area (Å²) in [5, 5.41) is 0. The predicted octanol–water partition coefficient (Wildman–Crippen LogP) is 1.93. The van der Waals surface area contributed by atoms with Crippen LogP contribution in [0.1, 0.15) is 6.42 Å². The van der Waals surface area contributed by atoms with Gasteiger partial charge in [0, 0.05) is 0 Å². The quantitative estimate of drug-likeness (QED) is 0.685. The standard InChI is InChI=1S/C9H24N2Si2.Al.H/c1-12(2,3)10-8-7-9-11-13(4,5)6;;/h7-9H2,1-6H3;;/q-2;+2;. The van der Waals surface area contributed by atoms with E-state index in [0.29, 0.717) is 0 Å². The molecule has 0 aromatic heterocycles. The molecule has 0 saturated carbocycles. The lowest BCUT2D eigenvalue weighted by molar-refractivity contribution is 0.455. The summed E-state index contributed by atoms with van der Waals surface area (Å²) in [7, 11) is -2.00. The first-order valence-electron chi connectivity index (χ1n) is 5.71. The van der Waals surface area contributed by atoms with Gasteiger partial charge in [0.1, 0.15) is 0 Å². The van der Waals surface area contributed by atoms with E-state index in [0.717, 1.165) is 0 Å². The highest BCUT2D eigenvalue weighted by molar-refractivity contribution is 6.84. The lowest BCUT2D eigenvalue weighted by atomic mass is 10.4. The number of nitrogens with zero attached hydrogens (tertiary/aromatic N) is 2. The second-order valence-corrected chi connectivity index (χ2v) is 19.4. The van der Waals surface area contributed by atoms with E-state index in [9.17, 15) is 0 Å². The van der Waals surface area contributed by atoms with Gasteiger partial charge in [-0.2, -0.15) is 0 Å². The average Bonchev–Trinajstić information content (AvgIpc) is 2.01. The third kappa shape index (κ3) is 3.48. The van der Waals surface area contributed by atoms with E-state index in [4.69, 9.17) is 0 Å². The molecule has 0 aromatic rings. The van der Waals surface area contributed by atoms with Gasteiger partial charge in [0.15, 0.2) is 0 Å². The fourth-order valence-corrected chi connectivity index (χ4v) is 9.54. The predicted molar refractivity (Wildman–Crippen MR) is 71.9 cm³/mol. The van der Waals surface area contributed by atoms with Gasteiger partial charge in [-0.15, -0.1) is 0 Å². The Morgan fingerprint density at radius 1 is 0.786 bits per heavy atom. The molecular formula is C9H25AlN2Si2. The fourth-order valence-electron chi connectivity index (χ4n) is 1.90. The molecular weight excluding hydrogens is 219 g/mol. The van der Waals surface area contributed by atoms with Crippen molar-refractivity contribution in [2.75, 3.05) is 13.1 Å². The molecule has 1 saturated heterocycles. The van der Waals surface area contributed by atoms with E-state index >= 15 is 0 Å². The molecule has 0 amide bonds. The lowest BCUT2D eigenvalue weighted by Gasteiger charge is -2.46. The maximum Gasteiger partial charge on any atom is 0.448 e. The van der Waals surface area contributed by atoms with Crippen LogP contribution in [-0.2, 0) is 0 Å². The Balaban J connectivity index is 2.61. The van der Waals surface area contributed by atoms with Gasteiger partial charge in [-0.25, -0.2) is 0 Å². The van der Waals surface area contributed by atoms with Crippen molar-refractivity contribution in [1.82, 2.24) is 7.10 Å². The van der Waals surface area contributed by atoms with Crippen molar-refractivity contribution >= 4 is 32.1 Å². The van der Waals surface area contributed by atoms with Crippen LogP contribution in [0.3, 0.4) is 0 Å². The van der Waals surface area contributed by atoms with Crippen molar-refractivity contribution in [1.29, 1.82) is 0 Å². The largest absolute Gasteiger partial charge is 0.448 e. The Kier molecular flexibility index (Phi) is 4.07. The molecule has 2 nitrogen and oxygen atoms in total. The van der Waals surface area contributed by atoms with Crippen LogP contribution in [0.4, 0.5) is 0 Å². The van der Waals surface area contributed by atoms with E-state index in [-0.39, 0.29) is 15.7 Å². The minimum atomic E-state index is -1.00. The molecule has 0 unspecified atom stereocenters. The highest BCUT2D eigenvalue weighted by Crippen LogP contribution is 2.18. The molecule has 0 N–H and O–H groups in total. The zero-order valence-corrected chi connectivity index (χ0v) is 14.1. The first kappa shape index (κ1) is 13.0. The molecule has 14 heavy (non-hydrogen) atoms. The molecule has 1 aliphatic heterocycles.